The van der Waals surface area contributed by atoms with Gasteiger partial charge in [-0.2, -0.15) is 0 Å². The van der Waals surface area contributed by atoms with Crippen molar-refractivity contribution in [3.63, 3.8) is 0 Å². The molecule has 11 aromatic carbocycles. The van der Waals surface area contributed by atoms with E-state index in [0.717, 1.165) is 22.7 Å². The first kappa shape index (κ1) is 41.9. The third-order valence-electron chi connectivity index (χ3n) is 15.9. The molecule has 0 fully saturated rings. The molecule has 12 aromatic rings. The summed E-state index contributed by atoms with van der Waals surface area (Å²) in [5, 5.41) is 2.50. The Balaban J connectivity index is 0.983. The van der Waals surface area contributed by atoms with E-state index in [1.165, 1.54) is 99.7 Å². The Labute approximate surface area is 421 Å². The molecule has 0 amide bonds. The zero-order chi connectivity index (χ0) is 48.0. The number of nitrogens with zero attached hydrogens (tertiary/aromatic N) is 2. The number of hydrogen-bond donors (Lipinski definition) is 0. The lowest BCUT2D eigenvalue weighted by Crippen LogP contribution is -2.28. The minimum Gasteiger partial charge on any atom is -0.310 e. The lowest BCUT2D eigenvalue weighted by molar-refractivity contribution is 0.660. The second kappa shape index (κ2) is 16.3. The molecule has 14 rings (SSSR count). The Morgan fingerprint density at radius 2 is 0.889 bits per heavy atom. The molecule has 0 unspecified atom stereocenters. The van der Waals surface area contributed by atoms with Gasteiger partial charge < -0.3 is 9.47 Å². The Kier molecular flexibility index (Phi) is 9.50. The molecule has 0 spiro atoms. The van der Waals surface area contributed by atoms with Gasteiger partial charge in [0, 0.05) is 38.8 Å². The summed E-state index contributed by atoms with van der Waals surface area (Å²) in [4.78, 5) is 2.53. The molecule has 0 saturated carbocycles. The molecule has 2 nitrogen and oxygen atoms in total. The van der Waals surface area contributed by atoms with Crippen molar-refractivity contribution in [1.82, 2.24) is 4.57 Å². The zero-order valence-corrected chi connectivity index (χ0v) is 40.3. The molecule has 0 aliphatic heterocycles. The molecule has 2 aliphatic rings. The highest BCUT2D eigenvalue weighted by atomic mass is 15.1. The number of hydrogen-bond acceptors (Lipinski definition) is 1. The van der Waals surface area contributed by atoms with Gasteiger partial charge in [-0.05, 0) is 133 Å². The summed E-state index contributed by atoms with van der Waals surface area (Å²) < 4.78 is 2.40. The summed E-state index contributed by atoms with van der Waals surface area (Å²) in [5.41, 5.74) is 23.9. The van der Waals surface area contributed by atoms with Crippen LogP contribution in [0.5, 0.6) is 0 Å². The van der Waals surface area contributed by atoms with Gasteiger partial charge in [0.1, 0.15) is 0 Å². The number of aromatic nitrogens is 1. The van der Waals surface area contributed by atoms with Crippen molar-refractivity contribution in [2.24, 2.45) is 0 Å². The van der Waals surface area contributed by atoms with Crippen molar-refractivity contribution in [1.29, 1.82) is 0 Å². The maximum absolute atomic E-state index is 2.53. The van der Waals surface area contributed by atoms with Crippen molar-refractivity contribution >= 4 is 38.9 Å². The predicted octanol–water partition coefficient (Wildman–Crippen LogP) is 18.3. The standard InChI is InChI=1S/C70H50N2/c1-69(2)62-45-49(47-21-7-3-8-22-47)39-43-56(62)57-44-42-54(46-63(57)69)71(53-40-37-48(38-41-53)55-31-19-35-65-67(55)59-30-16-18-34-64(59)72(65)52-27-13-6-14-28-52)66-36-20-33-61-68(66)58-29-15-17-32-60(58)70(61,50-23-9-4-10-24-50)51-25-11-5-12-26-51/h3-46H,1-2H3. The van der Waals surface area contributed by atoms with Crippen LogP contribution in [-0.4, -0.2) is 4.57 Å². The number of fused-ring (bicyclic) bond motifs is 9. The quantitative estimate of drug-likeness (QED) is 0.147. The fraction of sp³-hybridized carbons (Fsp3) is 0.0571. The molecular formula is C70H50N2. The number of benzene rings is 11. The second-order valence-corrected chi connectivity index (χ2v) is 20.0. The van der Waals surface area contributed by atoms with Crippen LogP contribution in [0.25, 0.3) is 72.0 Å². The molecule has 1 heterocycles. The van der Waals surface area contributed by atoms with Crippen molar-refractivity contribution in [3.8, 4) is 50.2 Å². The second-order valence-electron chi connectivity index (χ2n) is 20.0. The van der Waals surface area contributed by atoms with Crippen molar-refractivity contribution < 1.29 is 0 Å². The lowest BCUT2D eigenvalue weighted by Gasteiger charge is -2.34. The third-order valence-corrected chi connectivity index (χ3v) is 15.9. The molecule has 0 atom stereocenters. The maximum Gasteiger partial charge on any atom is 0.0714 e. The highest BCUT2D eigenvalue weighted by Gasteiger charge is 2.47. The van der Waals surface area contributed by atoms with E-state index in [4.69, 9.17) is 0 Å². The summed E-state index contributed by atoms with van der Waals surface area (Å²) >= 11 is 0. The van der Waals surface area contributed by atoms with Gasteiger partial charge in [-0.25, -0.2) is 0 Å². The van der Waals surface area contributed by atoms with Crippen LogP contribution in [-0.2, 0) is 10.8 Å². The van der Waals surface area contributed by atoms with E-state index in [2.05, 4.69) is 290 Å². The largest absolute Gasteiger partial charge is 0.310 e. The maximum atomic E-state index is 2.53. The van der Waals surface area contributed by atoms with Crippen LogP contribution in [0.2, 0.25) is 0 Å². The monoisotopic (exact) mass is 918 g/mol. The lowest BCUT2D eigenvalue weighted by atomic mass is 9.68. The summed E-state index contributed by atoms with van der Waals surface area (Å²) in [7, 11) is 0. The smallest absolute Gasteiger partial charge is 0.0714 e. The van der Waals surface area contributed by atoms with Gasteiger partial charge >= 0.3 is 0 Å². The highest BCUT2D eigenvalue weighted by Crippen LogP contribution is 2.60. The van der Waals surface area contributed by atoms with Crippen molar-refractivity contribution in [2.45, 2.75) is 24.7 Å². The Morgan fingerprint density at radius 1 is 0.347 bits per heavy atom. The van der Waals surface area contributed by atoms with Gasteiger partial charge in [0.2, 0.25) is 0 Å². The van der Waals surface area contributed by atoms with E-state index < -0.39 is 5.41 Å². The molecule has 0 radical (unpaired) electrons. The first-order valence-corrected chi connectivity index (χ1v) is 25.2. The van der Waals surface area contributed by atoms with Crippen LogP contribution in [0.3, 0.4) is 0 Å². The van der Waals surface area contributed by atoms with Gasteiger partial charge in [-0.3, -0.25) is 0 Å². The van der Waals surface area contributed by atoms with E-state index in [-0.39, 0.29) is 5.41 Å². The van der Waals surface area contributed by atoms with E-state index in [0.29, 0.717) is 0 Å². The van der Waals surface area contributed by atoms with Crippen LogP contribution in [0.4, 0.5) is 17.1 Å². The summed E-state index contributed by atoms with van der Waals surface area (Å²) in [5.74, 6) is 0. The van der Waals surface area contributed by atoms with Crippen LogP contribution in [0.15, 0.2) is 267 Å². The summed E-state index contributed by atoms with van der Waals surface area (Å²) in [6, 6.07) is 99.0. The van der Waals surface area contributed by atoms with Gasteiger partial charge in [-0.1, -0.05) is 220 Å². The molecule has 0 N–H and O–H groups in total. The van der Waals surface area contributed by atoms with E-state index in [1.54, 1.807) is 0 Å². The topological polar surface area (TPSA) is 8.17 Å². The minimum absolute atomic E-state index is 0.236. The molecule has 72 heavy (non-hydrogen) atoms. The van der Waals surface area contributed by atoms with Crippen LogP contribution < -0.4 is 4.90 Å². The van der Waals surface area contributed by atoms with Crippen LogP contribution in [0.1, 0.15) is 47.2 Å². The van der Waals surface area contributed by atoms with Gasteiger partial charge in [-0.15, -0.1) is 0 Å². The Morgan fingerprint density at radius 3 is 1.62 bits per heavy atom. The average Bonchev–Trinajstić information content (AvgIpc) is 4.03. The summed E-state index contributed by atoms with van der Waals surface area (Å²) in [6.07, 6.45) is 0. The molecule has 2 heteroatoms. The number of anilines is 3. The normalized spacial score (nSPS) is 13.6. The first-order chi connectivity index (χ1) is 35.5. The predicted molar refractivity (Wildman–Crippen MR) is 301 cm³/mol. The average molecular weight is 919 g/mol. The fourth-order valence-electron chi connectivity index (χ4n) is 12.7. The van der Waals surface area contributed by atoms with Crippen LogP contribution >= 0.6 is 0 Å². The number of rotatable bonds is 8. The van der Waals surface area contributed by atoms with Crippen LogP contribution in [0, 0.1) is 0 Å². The summed E-state index contributed by atoms with van der Waals surface area (Å²) in [6.45, 7) is 4.80. The zero-order valence-electron chi connectivity index (χ0n) is 40.3. The van der Waals surface area contributed by atoms with Crippen molar-refractivity contribution in [2.75, 3.05) is 4.90 Å². The first-order valence-electron chi connectivity index (χ1n) is 25.2. The number of para-hydroxylation sites is 2. The van der Waals surface area contributed by atoms with Gasteiger partial charge in [0.15, 0.2) is 0 Å². The Bertz CT molecular complexity index is 4000. The fourth-order valence-corrected chi connectivity index (χ4v) is 12.7. The molecular weight excluding hydrogens is 869 g/mol. The molecule has 1 aromatic heterocycles. The molecule has 2 aliphatic carbocycles. The van der Waals surface area contributed by atoms with E-state index in [1.807, 2.05) is 0 Å². The molecule has 340 valence electrons. The SMILES string of the molecule is CC1(C)c2cc(-c3ccccc3)ccc2-c2ccc(N(c3ccc(-c4cccc5c4c4ccccc4n5-c4ccccc4)cc3)c3cccc4c3-c3ccccc3C4(c3ccccc3)c3ccccc3)cc21. The minimum atomic E-state index is -0.532. The van der Waals surface area contributed by atoms with Gasteiger partial charge in [0.25, 0.3) is 0 Å². The van der Waals surface area contributed by atoms with E-state index in [9.17, 15) is 0 Å². The van der Waals surface area contributed by atoms with Gasteiger partial charge in [0.05, 0.1) is 22.1 Å². The van der Waals surface area contributed by atoms with E-state index >= 15 is 0 Å². The highest BCUT2D eigenvalue weighted by molar-refractivity contribution is 6.16. The molecule has 0 bridgehead atoms. The third kappa shape index (κ3) is 6.15. The van der Waals surface area contributed by atoms with Crippen molar-refractivity contribution in [3.05, 3.63) is 300 Å². The Hall–Kier alpha value is -8.98. The molecule has 0 saturated heterocycles.